The summed E-state index contributed by atoms with van der Waals surface area (Å²) in [4.78, 5) is 16.1. The Morgan fingerprint density at radius 2 is 2.22 bits per heavy atom. The van der Waals surface area contributed by atoms with Crippen molar-refractivity contribution in [1.82, 2.24) is 10.3 Å². The molecule has 1 aromatic heterocycles. The summed E-state index contributed by atoms with van der Waals surface area (Å²) in [6.45, 7) is 0. The van der Waals surface area contributed by atoms with Crippen molar-refractivity contribution in [2.75, 3.05) is 5.33 Å². The molecule has 0 saturated heterocycles. The Morgan fingerprint density at radius 1 is 1.50 bits per heavy atom. The van der Waals surface area contributed by atoms with Crippen LogP contribution in [0.15, 0.2) is 18.3 Å². The van der Waals surface area contributed by atoms with E-state index in [1.165, 1.54) is 6.20 Å². The van der Waals surface area contributed by atoms with Crippen LogP contribution in [0.25, 0.3) is 0 Å². The van der Waals surface area contributed by atoms with Gasteiger partial charge in [-0.05, 0) is 25.0 Å². The third-order valence-corrected chi connectivity index (χ3v) is 4.39. The second kappa shape index (κ2) is 5.49. The number of amides is 1. The second-order valence-electron chi connectivity index (χ2n) is 4.62. The quantitative estimate of drug-likeness (QED) is 0.872. The average molecular weight is 308 g/mol. The predicted octanol–water partition coefficient (Wildman–Crippen LogP) is 2.39. The lowest BCUT2D eigenvalue weighted by Crippen LogP contribution is -2.48. The summed E-state index contributed by atoms with van der Waals surface area (Å²) in [7, 11) is 0. The van der Waals surface area contributed by atoms with Gasteiger partial charge in [0.1, 0.15) is 11.8 Å². The number of hydrogen-bond acceptors (Lipinski definition) is 3. The molecule has 94 valence electrons. The van der Waals surface area contributed by atoms with Crippen LogP contribution in [-0.4, -0.2) is 21.8 Å². The molecule has 5 heteroatoms. The van der Waals surface area contributed by atoms with Crippen LogP contribution in [0, 0.1) is 11.3 Å². The standard InChI is InChI=1S/C13H14BrN3O/c14-9-13(5-1-2-6-13)17-12(18)11-4-3-10(7-15)8-16-11/h3-4,8H,1-2,5-6,9H2,(H,17,18). The normalized spacial score (nSPS) is 17.1. The van der Waals surface area contributed by atoms with Crippen molar-refractivity contribution >= 4 is 21.8 Å². The van der Waals surface area contributed by atoms with Crippen molar-refractivity contribution in [2.24, 2.45) is 0 Å². The number of rotatable bonds is 3. The number of pyridine rings is 1. The van der Waals surface area contributed by atoms with Gasteiger partial charge in [-0.1, -0.05) is 28.8 Å². The number of carbonyl (C=O) groups is 1. The minimum Gasteiger partial charge on any atom is -0.344 e. The number of carbonyl (C=O) groups excluding carboxylic acids is 1. The molecule has 2 rings (SSSR count). The zero-order chi connectivity index (χ0) is 13.0. The molecular weight excluding hydrogens is 294 g/mol. The molecule has 1 heterocycles. The minimum absolute atomic E-state index is 0.132. The van der Waals surface area contributed by atoms with E-state index in [0.29, 0.717) is 11.3 Å². The van der Waals surface area contributed by atoms with Crippen molar-refractivity contribution in [3.8, 4) is 6.07 Å². The van der Waals surface area contributed by atoms with Crippen LogP contribution < -0.4 is 5.32 Å². The Hall–Kier alpha value is -1.41. The number of nitriles is 1. The maximum absolute atomic E-state index is 12.1. The molecule has 0 aromatic carbocycles. The van der Waals surface area contributed by atoms with E-state index in [1.54, 1.807) is 12.1 Å². The first-order chi connectivity index (χ1) is 8.69. The van der Waals surface area contributed by atoms with Crippen LogP contribution in [-0.2, 0) is 0 Å². The Balaban J connectivity index is 2.09. The van der Waals surface area contributed by atoms with Crippen LogP contribution in [0.5, 0.6) is 0 Å². The smallest absolute Gasteiger partial charge is 0.270 e. The summed E-state index contributed by atoms with van der Waals surface area (Å²) >= 11 is 3.48. The fourth-order valence-corrected chi connectivity index (χ4v) is 2.94. The number of aromatic nitrogens is 1. The van der Waals surface area contributed by atoms with E-state index >= 15 is 0 Å². The fourth-order valence-electron chi connectivity index (χ4n) is 2.24. The molecular formula is C13H14BrN3O. The molecule has 1 aliphatic carbocycles. The van der Waals surface area contributed by atoms with E-state index in [9.17, 15) is 4.79 Å². The molecule has 0 atom stereocenters. The van der Waals surface area contributed by atoms with Gasteiger partial charge < -0.3 is 5.32 Å². The lowest BCUT2D eigenvalue weighted by Gasteiger charge is -2.27. The number of halogens is 1. The molecule has 18 heavy (non-hydrogen) atoms. The molecule has 0 aliphatic heterocycles. The first-order valence-corrected chi connectivity index (χ1v) is 7.06. The van der Waals surface area contributed by atoms with Crippen LogP contribution in [0.1, 0.15) is 41.7 Å². The Kier molecular flexibility index (Phi) is 3.97. The van der Waals surface area contributed by atoms with Crippen LogP contribution >= 0.6 is 15.9 Å². The maximum atomic E-state index is 12.1. The number of nitrogens with zero attached hydrogens (tertiary/aromatic N) is 2. The third kappa shape index (κ3) is 2.70. The zero-order valence-electron chi connectivity index (χ0n) is 9.95. The van der Waals surface area contributed by atoms with E-state index in [1.807, 2.05) is 6.07 Å². The molecule has 1 aliphatic rings. The first kappa shape index (κ1) is 13.0. The third-order valence-electron chi connectivity index (χ3n) is 3.32. The van der Waals surface area contributed by atoms with Crippen molar-refractivity contribution < 1.29 is 4.79 Å². The highest BCUT2D eigenvalue weighted by atomic mass is 79.9. The molecule has 1 fully saturated rings. The van der Waals surface area contributed by atoms with Gasteiger partial charge >= 0.3 is 0 Å². The molecule has 0 radical (unpaired) electrons. The van der Waals surface area contributed by atoms with Gasteiger partial charge in [-0.25, -0.2) is 4.98 Å². The largest absolute Gasteiger partial charge is 0.344 e. The number of hydrogen-bond donors (Lipinski definition) is 1. The van der Waals surface area contributed by atoms with E-state index in [0.717, 1.165) is 31.0 Å². The zero-order valence-corrected chi connectivity index (χ0v) is 11.5. The van der Waals surface area contributed by atoms with Gasteiger partial charge in [0.05, 0.1) is 11.1 Å². The molecule has 4 nitrogen and oxygen atoms in total. The van der Waals surface area contributed by atoms with E-state index in [2.05, 4.69) is 26.2 Å². The summed E-state index contributed by atoms with van der Waals surface area (Å²) in [5, 5.41) is 12.5. The highest BCUT2D eigenvalue weighted by Gasteiger charge is 2.34. The second-order valence-corrected chi connectivity index (χ2v) is 5.18. The van der Waals surface area contributed by atoms with Gasteiger partial charge in [0.25, 0.3) is 5.91 Å². The van der Waals surface area contributed by atoms with Crippen molar-refractivity contribution in [1.29, 1.82) is 5.26 Å². The topological polar surface area (TPSA) is 65.8 Å². The molecule has 1 amide bonds. The summed E-state index contributed by atoms with van der Waals surface area (Å²) in [5.41, 5.74) is 0.691. The van der Waals surface area contributed by atoms with Crippen LogP contribution in [0.2, 0.25) is 0 Å². The van der Waals surface area contributed by atoms with Crippen molar-refractivity contribution in [2.45, 2.75) is 31.2 Å². The number of alkyl halides is 1. The first-order valence-electron chi connectivity index (χ1n) is 5.94. The van der Waals surface area contributed by atoms with Gasteiger partial charge in [0, 0.05) is 11.5 Å². The Bertz CT molecular complexity index is 472. The lowest BCUT2D eigenvalue weighted by molar-refractivity contribution is 0.0905. The van der Waals surface area contributed by atoms with Crippen molar-refractivity contribution in [3.63, 3.8) is 0 Å². The summed E-state index contributed by atoms with van der Waals surface area (Å²) < 4.78 is 0. The van der Waals surface area contributed by atoms with E-state index < -0.39 is 0 Å². The van der Waals surface area contributed by atoms with Crippen molar-refractivity contribution in [3.05, 3.63) is 29.6 Å². The predicted molar refractivity (Wildman–Crippen MR) is 71.4 cm³/mol. The van der Waals surface area contributed by atoms with Crippen LogP contribution in [0.4, 0.5) is 0 Å². The molecule has 0 spiro atoms. The van der Waals surface area contributed by atoms with Gasteiger partial charge in [-0.15, -0.1) is 0 Å². The molecule has 1 saturated carbocycles. The van der Waals surface area contributed by atoms with Gasteiger partial charge in [-0.2, -0.15) is 5.26 Å². The monoisotopic (exact) mass is 307 g/mol. The molecule has 1 aromatic rings. The van der Waals surface area contributed by atoms with E-state index in [4.69, 9.17) is 5.26 Å². The maximum Gasteiger partial charge on any atom is 0.270 e. The molecule has 0 bridgehead atoms. The lowest BCUT2D eigenvalue weighted by atomic mass is 10.0. The summed E-state index contributed by atoms with van der Waals surface area (Å²) in [6, 6.07) is 5.18. The van der Waals surface area contributed by atoms with E-state index in [-0.39, 0.29) is 11.4 Å². The highest BCUT2D eigenvalue weighted by Crippen LogP contribution is 2.31. The van der Waals surface area contributed by atoms with Crippen LogP contribution in [0.3, 0.4) is 0 Å². The van der Waals surface area contributed by atoms with Gasteiger partial charge in [-0.3, -0.25) is 4.79 Å². The Labute approximate surface area is 115 Å². The number of nitrogens with one attached hydrogen (secondary N) is 1. The highest BCUT2D eigenvalue weighted by molar-refractivity contribution is 9.09. The average Bonchev–Trinajstić information content (AvgIpc) is 2.88. The SMILES string of the molecule is N#Cc1ccc(C(=O)NC2(CBr)CCCC2)nc1. The molecule has 1 N–H and O–H groups in total. The van der Waals surface area contributed by atoms with Gasteiger partial charge in [0.2, 0.25) is 0 Å². The Morgan fingerprint density at radius 3 is 2.72 bits per heavy atom. The molecule has 0 unspecified atom stereocenters. The van der Waals surface area contributed by atoms with Gasteiger partial charge in [0.15, 0.2) is 0 Å². The fraction of sp³-hybridized carbons (Fsp3) is 0.462. The minimum atomic E-state index is -0.166. The summed E-state index contributed by atoms with van der Waals surface area (Å²) in [6.07, 6.45) is 5.71. The summed E-state index contributed by atoms with van der Waals surface area (Å²) in [5.74, 6) is -0.166.